The minimum absolute atomic E-state index is 0.0314. The minimum atomic E-state index is -0.598. The van der Waals surface area contributed by atoms with Crippen molar-refractivity contribution in [2.24, 2.45) is 0 Å². The molecule has 22 heavy (non-hydrogen) atoms. The summed E-state index contributed by atoms with van der Waals surface area (Å²) >= 11 is 0. The zero-order valence-corrected chi connectivity index (χ0v) is 12.6. The van der Waals surface area contributed by atoms with Gasteiger partial charge in [0.2, 0.25) is 5.91 Å². The molecule has 2 aliphatic rings. The molecule has 120 valence electrons. The van der Waals surface area contributed by atoms with Crippen LogP contribution in [-0.4, -0.2) is 72.9 Å². The lowest BCUT2D eigenvalue weighted by atomic mass is 10.2. The summed E-state index contributed by atoms with van der Waals surface area (Å²) in [6.45, 7) is 4.00. The molecule has 6 nitrogen and oxygen atoms in total. The Kier molecular flexibility index (Phi) is 4.92. The second-order valence-electron chi connectivity index (χ2n) is 5.74. The summed E-state index contributed by atoms with van der Waals surface area (Å²) in [6.07, 6.45) is -0.598. The van der Waals surface area contributed by atoms with Crippen LogP contribution in [0.15, 0.2) is 24.3 Å². The second kappa shape index (κ2) is 7.09. The van der Waals surface area contributed by atoms with Crippen LogP contribution in [-0.2, 0) is 16.1 Å². The predicted octanol–water partition coefficient (Wildman–Crippen LogP) is 0.101. The second-order valence-corrected chi connectivity index (χ2v) is 5.74. The minimum Gasteiger partial charge on any atom is -0.492 e. The van der Waals surface area contributed by atoms with Crippen LogP contribution in [0, 0.1) is 0 Å². The Morgan fingerprint density at radius 3 is 3.05 bits per heavy atom. The smallest absolute Gasteiger partial charge is 0.236 e. The lowest BCUT2D eigenvalue weighted by Crippen LogP contribution is -2.44. The fourth-order valence-corrected chi connectivity index (χ4v) is 2.83. The van der Waals surface area contributed by atoms with Crippen LogP contribution in [0.2, 0.25) is 0 Å². The Morgan fingerprint density at radius 2 is 2.14 bits per heavy atom. The SMILES string of the molecule is O=C(CN1CCOc2ccccc2C1)N1CCOCC(O)C1. The molecule has 1 fully saturated rings. The largest absolute Gasteiger partial charge is 0.492 e. The van der Waals surface area contributed by atoms with Crippen LogP contribution in [0.25, 0.3) is 0 Å². The number of β-amino-alcohol motifs (C(OH)–C–C–N with tert-alkyl or cyclic N) is 1. The molecule has 1 atom stereocenters. The molecular weight excluding hydrogens is 284 g/mol. The number of carbonyl (C=O) groups excluding carboxylic acids is 1. The third-order valence-electron chi connectivity index (χ3n) is 3.99. The number of hydrogen-bond acceptors (Lipinski definition) is 5. The molecule has 0 saturated carbocycles. The fraction of sp³-hybridized carbons (Fsp3) is 0.562. The average Bonchev–Trinajstić information content (AvgIpc) is 2.84. The molecule has 6 heteroatoms. The number of nitrogens with zero attached hydrogens (tertiary/aromatic N) is 2. The van der Waals surface area contributed by atoms with Gasteiger partial charge in [-0.2, -0.15) is 0 Å². The molecule has 0 bridgehead atoms. The molecule has 0 spiro atoms. The van der Waals surface area contributed by atoms with Gasteiger partial charge in [0.15, 0.2) is 0 Å². The molecule has 1 aromatic rings. The summed E-state index contributed by atoms with van der Waals surface area (Å²) in [5.41, 5.74) is 1.10. The first-order valence-electron chi connectivity index (χ1n) is 7.69. The maximum Gasteiger partial charge on any atom is 0.236 e. The lowest BCUT2D eigenvalue weighted by molar-refractivity contribution is -0.133. The van der Waals surface area contributed by atoms with Crippen molar-refractivity contribution in [1.29, 1.82) is 0 Å². The Hall–Kier alpha value is -1.63. The van der Waals surface area contributed by atoms with Crippen molar-refractivity contribution in [3.63, 3.8) is 0 Å². The van der Waals surface area contributed by atoms with Gasteiger partial charge in [0, 0.05) is 31.7 Å². The molecule has 1 amide bonds. The zero-order valence-electron chi connectivity index (χ0n) is 12.6. The maximum atomic E-state index is 12.5. The summed E-state index contributed by atoms with van der Waals surface area (Å²) in [5, 5.41) is 9.74. The molecule has 1 N–H and O–H groups in total. The first kappa shape index (κ1) is 15.3. The van der Waals surface area contributed by atoms with E-state index in [0.717, 1.165) is 11.3 Å². The van der Waals surface area contributed by atoms with Gasteiger partial charge in [0.1, 0.15) is 12.4 Å². The predicted molar refractivity (Wildman–Crippen MR) is 80.6 cm³/mol. The summed E-state index contributed by atoms with van der Waals surface area (Å²) in [5.74, 6) is 0.931. The summed E-state index contributed by atoms with van der Waals surface area (Å²) in [7, 11) is 0. The summed E-state index contributed by atoms with van der Waals surface area (Å²) < 4.78 is 11.0. The monoisotopic (exact) mass is 306 g/mol. The van der Waals surface area contributed by atoms with Crippen LogP contribution >= 0.6 is 0 Å². The van der Waals surface area contributed by atoms with Gasteiger partial charge in [-0.3, -0.25) is 9.69 Å². The van der Waals surface area contributed by atoms with Crippen LogP contribution in [0.4, 0.5) is 0 Å². The number of carbonyl (C=O) groups is 1. The lowest BCUT2D eigenvalue weighted by Gasteiger charge is -2.25. The molecule has 2 aliphatic heterocycles. The number of rotatable bonds is 2. The highest BCUT2D eigenvalue weighted by molar-refractivity contribution is 5.78. The van der Waals surface area contributed by atoms with Crippen molar-refractivity contribution >= 4 is 5.91 Å². The Morgan fingerprint density at radius 1 is 1.27 bits per heavy atom. The number of benzene rings is 1. The third kappa shape index (κ3) is 3.76. The van der Waals surface area contributed by atoms with Crippen LogP contribution in [0.1, 0.15) is 5.56 Å². The number of fused-ring (bicyclic) bond motifs is 1. The fourth-order valence-electron chi connectivity index (χ4n) is 2.83. The van der Waals surface area contributed by atoms with E-state index in [2.05, 4.69) is 4.90 Å². The van der Waals surface area contributed by atoms with E-state index in [9.17, 15) is 9.90 Å². The molecule has 0 aliphatic carbocycles. The molecule has 1 aromatic carbocycles. The standard InChI is InChI=1S/C16H22N2O4/c19-14-10-18(6-7-21-12-14)16(20)11-17-5-8-22-15-4-2-1-3-13(15)9-17/h1-4,14,19H,5-12H2. The number of amides is 1. The van der Waals surface area contributed by atoms with E-state index in [0.29, 0.717) is 52.5 Å². The zero-order chi connectivity index (χ0) is 15.4. The van der Waals surface area contributed by atoms with Crippen molar-refractivity contribution in [3.8, 4) is 5.75 Å². The molecule has 0 aromatic heterocycles. The van der Waals surface area contributed by atoms with E-state index in [4.69, 9.17) is 9.47 Å². The van der Waals surface area contributed by atoms with Gasteiger partial charge >= 0.3 is 0 Å². The highest BCUT2D eigenvalue weighted by Crippen LogP contribution is 2.22. The van der Waals surface area contributed by atoms with Gasteiger partial charge in [-0.25, -0.2) is 0 Å². The highest BCUT2D eigenvalue weighted by Gasteiger charge is 2.24. The van der Waals surface area contributed by atoms with E-state index in [1.165, 1.54) is 0 Å². The van der Waals surface area contributed by atoms with Crippen LogP contribution in [0.3, 0.4) is 0 Å². The number of aliphatic hydroxyl groups is 1. The molecular formula is C16H22N2O4. The van der Waals surface area contributed by atoms with Crippen molar-refractivity contribution in [1.82, 2.24) is 9.80 Å². The van der Waals surface area contributed by atoms with Crippen LogP contribution < -0.4 is 4.74 Å². The molecule has 3 rings (SSSR count). The van der Waals surface area contributed by atoms with Gasteiger partial charge in [-0.05, 0) is 6.07 Å². The topological polar surface area (TPSA) is 62.2 Å². The maximum absolute atomic E-state index is 12.5. The van der Waals surface area contributed by atoms with Crippen molar-refractivity contribution in [2.75, 3.05) is 46.0 Å². The normalized spacial score (nSPS) is 23.1. The van der Waals surface area contributed by atoms with Crippen molar-refractivity contribution < 1.29 is 19.4 Å². The number of aliphatic hydroxyl groups excluding tert-OH is 1. The van der Waals surface area contributed by atoms with E-state index in [-0.39, 0.29) is 5.91 Å². The van der Waals surface area contributed by atoms with Crippen molar-refractivity contribution in [3.05, 3.63) is 29.8 Å². The number of para-hydroxylation sites is 1. The molecule has 1 saturated heterocycles. The average molecular weight is 306 g/mol. The Bertz CT molecular complexity index is 523. The van der Waals surface area contributed by atoms with Crippen molar-refractivity contribution in [2.45, 2.75) is 12.6 Å². The molecule has 1 unspecified atom stereocenters. The van der Waals surface area contributed by atoms with E-state index in [1.54, 1.807) is 4.90 Å². The van der Waals surface area contributed by atoms with Crippen LogP contribution in [0.5, 0.6) is 5.75 Å². The molecule has 2 heterocycles. The van der Waals surface area contributed by atoms with Gasteiger partial charge in [-0.1, -0.05) is 18.2 Å². The van der Waals surface area contributed by atoms with Gasteiger partial charge in [0.05, 0.1) is 25.9 Å². The summed E-state index contributed by atoms with van der Waals surface area (Å²) in [6, 6.07) is 7.93. The van der Waals surface area contributed by atoms with E-state index >= 15 is 0 Å². The first-order valence-corrected chi connectivity index (χ1v) is 7.69. The Labute approximate surface area is 130 Å². The quantitative estimate of drug-likeness (QED) is 0.840. The number of hydrogen-bond donors (Lipinski definition) is 1. The van der Waals surface area contributed by atoms with E-state index < -0.39 is 6.10 Å². The van der Waals surface area contributed by atoms with E-state index in [1.807, 2.05) is 24.3 Å². The van der Waals surface area contributed by atoms with Gasteiger partial charge < -0.3 is 19.5 Å². The summed E-state index contributed by atoms with van der Waals surface area (Å²) in [4.78, 5) is 16.2. The van der Waals surface area contributed by atoms with Gasteiger partial charge in [-0.15, -0.1) is 0 Å². The molecule has 0 radical (unpaired) electrons. The highest BCUT2D eigenvalue weighted by atomic mass is 16.5. The number of ether oxygens (including phenoxy) is 2. The third-order valence-corrected chi connectivity index (χ3v) is 3.99. The van der Waals surface area contributed by atoms with Gasteiger partial charge in [0.25, 0.3) is 0 Å². The Balaban J connectivity index is 1.61. The first-order chi connectivity index (χ1) is 10.7.